The SMILES string of the molecule is Cc1ccc(N/C=C/C(=O)c2sc(-c3ccc[n+](C)c3)nc2C)cc1. The quantitative estimate of drug-likeness (QED) is 0.429. The number of nitrogens with zero attached hydrogens (tertiary/aromatic N) is 2. The zero-order valence-corrected chi connectivity index (χ0v) is 15.3. The molecule has 0 saturated carbocycles. The van der Waals surface area contributed by atoms with Crippen LogP contribution in [0.2, 0.25) is 0 Å². The minimum Gasteiger partial charge on any atom is -0.362 e. The molecule has 2 aromatic heterocycles. The molecule has 126 valence electrons. The third-order valence-corrected chi connectivity index (χ3v) is 4.96. The Hall–Kier alpha value is -2.79. The van der Waals surface area contributed by atoms with Crippen LogP contribution in [0.4, 0.5) is 5.69 Å². The van der Waals surface area contributed by atoms with E-state index >= 15 is 0 Å². The number of pyridine rings is 1. The highest BCUT2D eigenvalue weighted by Gasteiger charge is 2.15. The Morgan fingerprint density at radius 2 is 1.96 bits per heavy atom. The minimum atomic E-state index is -0.0406. The second-order valence-corrected chi connectivity index (χ2v) is 6.90. The molecule has 0 atom stereocenters. The third-order valence-electron chi connectivity index (χ3n) is 3.74. The minimum absolute atomic E-state index is 0.0406. The number of carbonyl (C=O) groups excluding carboxylic acids is 1. The molecule has 0 aliphatic carbocycles. The number of hydrogen-bond donors (Lipinski definition) is 1. The number of aromatic nitrogens is 2. The predicted molar refractivity (Wildman–Crippen MR) is 102 cm³/mol. The van der Waals surface area contributed by atoms with Gasteiger partial charge in [-0.3, -0.25) is 4.79 Å². The van der Waals surface area contributed by atoms with E-state index in [1.54, 1.807) is 12.3 Å². The molecular formula is C20H20N3OS+. The fourth-order valence-electron chi connectivity index (χ4n) is 2.40. The van der Waals surface area contributed by atoms with Crippen molar-refractivity contribution >= 4 is 22.8 Å². The second kappa shape index (κ2) is 7.40. The molecule has 4 nitrogen and oxygen atoms in total. The van der Waals surface area contributed by atoms with Crippen LogP contribution in [0, 0.1) is 13.8 Å². The summed E-state index contributed by atoms with van der Waals surface area (Å²) in [6.45, 7) is 3.91. The van der Waals surface area contributed by atoms with Crippen molar-refractivity contribution in [1.29, 1.82) is 0 Å². The average molecular weight is 350 g/mol. The third kappa shape index (κ3) is 4.19. The topological polar surface area (TPSA) is 45.9 Å². The number of anilines is 1. The lowest BCUT2D eigenvalue weighted by molar-refractivity contribution is -0.671. The summed E-state index contributed by atoms with van der Waals surface area (Å²) in [7, 11) is 1.97. The van der Waals surface area contributed by atoms with E-state index in [1.807, 2.05) is 74.3 Å². The number of hydrogen-bond acceptors (Lipinski definition) is 4. The fourth-order valence-corrected chi connectivity index (χ4v) is 3.38. The van der Waals surface area contributed by atoms with Crippen molar-refractivity contribution < 1.29 is 9.36 Å². The van der Waals surface area contributed by atoms with Crippen molar-refractivity contribution in [3.63, 3.8) is 0 Å². The van der Waals surface area contributed by atoms with E-state index in [-0.39, 0.29) is 5.78 Å². The van der Waals surface area contributed by atoms with Crippen LogP contribution in [0.1, 0.15) is 20.9 Å². The number of benzene rings is 1. The summed E-state index contributed by atoms with van der Waals surface area (Å²) in [5.41, 5.74) is 3.93. The lowest BCUT2D eigenvalue weighted by atomic mass is 10.2. The van der Waals surface area contributed by atoms with Crippen molar-refractivity contribution in [2.75, 3.05) is 5.32 Å². The van der Waals surface area contributed by atoms with Crippen molar-refractivity contribution in [3.8, 4) is 10.6 Å². The Kier molecular flexibility index (Phi) is 5.05. The normalized spacial score (nSPS) is 11.0. The maximum Gasteiger partial charge on any atom is 0.199 e. The zero-order chi connectivity index (χ0) is 17.8. The largest absolute Gasteiger partial charge is 0.362 e. The van der Waals surface area contributed by atoms with Crippen LogP contribution in [0.3, 0.4) is 0 Å². The van der Waals surface area contributed by atoms with Gasteiger partial charge in [-0.2, -0.15) is 0 Å². The molecule has 1 aromatic carbocycles. The van der Waals surface area contributed by atoms with Gasteiger partial charge in [0.2, 0.25) is 0 Å². The molecule has 3 rings (SSSR count). The number of nitrogens with one attached hydrogen (secondary N) is 1. The Bertz CT molecular complexity index is 926. The smallest absolute Gasteiger partial charge is 0.199 e. The van der Waals surface area contributed by atoms with Crippen LogP contribution in [-0.4, -0.2) is 10.8 Å². The number of thiazole rings is 1. The zero-order valence-electron chi connectivity index (χ0n) is 14.5. The van der Waals surface area contributed by atoms with Crippen LogP contribution >= 0.6 is 11.3 Å². The molecule has 25 heavy (non-hydrogen) atoms. The lowest BCUT2D eigenvalue weighted by Crippen LogP contribution is -2.26. The van der Waals surface area contributed by atoms with Gasteiger partial charge < -0.3 is 5.32 Å². The van der Waals surface area contributed by atoms with E-state index in [0.717, 1.165) is 22.0 Å². The van der Waals surface area contributed by atoms with Crippen molar-refractivity contribution in [1.82, 2.24) is 4.98 Å². The highest BCUT2D eigenvalue weighted by Crippen LogP contribution is 2.27. The predicted octanol–water partition coefficient (Wildman–Crippen LogP) is 4.06. The van der Waals surface area contributed by atoms with E-state index in [4.69, 9.17) is 0 Å². The Morgan fingerprint density at radius 1 is 1.20 bits per heavy atom. The molecule has 0 unspecified atom stereocenters. The van der Waals surface area contributed by atoms with Crippen molar-refractivity contribution in [2.24, 2.45) is 7.05 Å². The van der Waals surface area contributed by atoms with Crippen LogP contribution in [0.5, 0.6) is 0 Å². The van der Waals surface area contributed by atoms with E-state index < -0.39 is 0 Å². The number of allylic oxidation sites excluding steroid dienone is 1. The number of aryl methyl sites for hydroxylation is 3. The van der Waals surface area contributed by atoms with Gasteiger partial charge in [-0.25, -0.2) is 9.55 Å². The number of rotatable bonds is 5. The molecule has 2 heterocycles. The van der Waals surface area contributed by atoms with Crippen LogP contribution < -0.4 is 9.88 Å². The summed E-state index contributed by atoms with van der Waals surface area (Å²) in [5, 5.41) is 3.98. The van der Waals surface area contributed by atoms with Gasteiger partial charge in [0.15, 0.2) is 18.2 Å². The Labute approximate surface area is 151 Å². The van der Waals surface area contributed by atoms with Gasteiger partial charge in [0.25, 0.3) is 0 Å². The Balaban J connectivity index is 1.74. The van der Waals surface area contributed by atoms with E-state index in [9.17, 15) is 4.79 Å². The molecule has 3 aromatic rings. The van der Waals surface area contributed by atoms with Crippen LogP contribution in [0.15, 0.2) is 61.1 Å². The molecule has 0 fully saturated rings. The average Bonchev–Trinajstić information content (AvgIpc) is 2.98. The molecule has 0 bridgehead atoms. The Morgan fingerprint density at radius 3 is 2.68 bits per heavy atom. The van der Waals surface area contributed by atoms with Crippen LogP contribution in [-0.2, 0) is 7.05 Å². The standard InChI is InChI=1S/C20H19N3OS/c1-14-6-8-17(9-7-14)21-11-10-18(24)19-15(2)22-20(25-19)16-5-4-12-23(3)13-16/h4-13H,1-3H3/p+1. The monoisotopic (exact) mass is 350 g/mol. The van der Waals surface area contributed by atoms with Gasteiger partial charge in [0, 0.05) is 24.0 Å². The fraction of sp³-hybridized carbons (Fsp3) is 0.150. The number of ketones is 1. The first-order valence-corrected chi connectivity index (χ1v) is 8.82. The number of carbonyl (C=O) groups is 1. The van der Waals surface area contributed by atoms with Crippen molar-refractivity contribution in [2.45, 2.75) is 13.8 Å². The first-order chi connectivity index (χ1) is 12.0. The molecule has 0 saturated heterocycles. The van der Waals surface area contributed by atoms with Gasteiger partial charge in [0.1, 0.15) is 12.1 Å². The lowest BCUT2D eigenvalue weighted by Gasteiger charge is -2.00. The van der Waals surface area contributed by atoms with E-state index in [1.165, 1.54) is 16.9 Å². The van der Waals surface area contributed by atoms with Gasteiger partial charge in [-0.15, -0.1) is 11.3 Å². The van der Waals surface area contributed by atoms with Gasteiger partial charge in [0.05, 0.1) is 16.1 Å². The summed E-state index contributed by atoms with van der Waals surface area (Å²) in [5.74, 6) is -0.0406. The molecule has 1 N–H and O–H groups in total. The molecular weight excluding hydrogens is 330 g/mol. The maximum absolute atomic E-state index is 12.5. The summed E-state index contributed by atoms with van der Waals surface area (Å²) in [6.07, 6.45) is 7.19. The molecule has 0 amide bonds. The van der Waals surface area contributed by atoms with Gasteiger partial charge in [-0.05, 0) is 32.0 Å². The first kappa shape index (κ1) is 17.0. The maximum atomic E-state index is 12.5. The summed E-state index contributed by atoms with van der Waals surface area (Å²) in [6, 6.07) is 12.0. The van der Waals surface area contributed by atoms with Crippen LogP contribution in [0.25, 0.3) is 10.6 Å². The van der Waals surface area contributed by atoms with Gasteiger partial charge >= 0.3 is 0 Å². The molecule has 0 radical (unpaired) electrons. The first-order valence-electron chi connectivity index (χ1n) is 8.00. The highest BCUT2D eigenvalue weighted by molar-refractivity contribution is 7.17. The molecule has 5 heteroatoms. The van der Waals surface area contributed by atoms with E-state index in [0.29, 0.717) is 4.88 Å². The van der Waals surface area contributed by atoms with Crippen molar-refractivity contribution in [3.05, 3.63) is 77.2 Å². The molecule has 0 aliphatic rings. The summed E-state index contributed by atoms with van der Waals surface area (Å²) < 4.78 is 1.97. The molecule has 0 aliphatic heterocycles. The summed E-state index contributed by atoms with van der Waals surface area (Å²) in [4.78, 5) is 17.7. The second-order valence-electron chi connectivity index (χ2n) is 5.90. The highest BCUT2D eigenvalue weighted by atomic mass is 32.1. The molecule has 0 spiro atoms. The van der Waals surface area contributed by atoms with E-state index in [2.05, 4.69) is 10.3 Å². The summed E-state index contributed by atoms with van der Waals surface area (Å²) >= 11 is 1.42. The van der Waals surface area contributed by atoms with Gasteiger partial charge in [-0.1, -0.05) is 17.7 Å².